The van der Waals surface area contributed by atoms with E-state index in [0.29, 0.717) is 6.04 Å². The van der Waals surface area contributed by atoms with Crippen LogP contribution in [0.1, 0.15) is 50.1 Å². The summed E-state index contributed by atoms with van der Waals surface area (Å²) in [5.74, 6) is 1.81. The lowest BCUT2D eigenvalue weighted by Gasteiger charge is -2.45. The van der Waals surface area contributed by atoms with Gasteiger partial charge in [-0.1, -0.05) is 12.1 Å². The van der Waals surface area contributed by atoms with Crippen LogP contribution in [0.25, 0.3) is 0 Å². The van der Waals surface area contributed by atoms with Crippen LogP contribution in [0.4, 0.5) is 0 Å². The molecule has 33 heavy (non-hydrogen) atoms. The minimum atomic E-state index is 0. The van der Waals surface area contributed by atoms with Crippen molar-refractivity contribution >= 4 is 29.9 Å². The molecule has 2 N–H and O–H groups in total. The minimum absolute atomic E-state index is 0. The maximum Gasteiger partial charge on any atom is 0.191 e. The Morgan fingerprint density at radius 2 is 1.79 bits per heavy atom. The van der Waals surface area contributed by atoms with Crippen molar-refractivity contribution in [1.82, 2.24) is 20.4 Å². The standard InChI is InChI=1S/C25H41N5O2.HI/c1-26-24(28-20-25(10-16-32-17-11-25)30-14-5-6-15-30)27-19-23(29-12-3-4-13-29)21-8-7-9-22(18-21)31-2;/h7-9,18,23H,3-6,10-17,19-20H2,1-2H3,(H2,26,27,28);1H. The Hall–Kier alpha value is -1.10. The summed E-state index contributed by atoms with van der Waals surface area (Å²) in [7, 11) is 3.61. The molecule has 3 saturated heterocycles. The van der Waals surface area contributed by atoms with Crippen molar-refractivity contribution in [3.05, 3.63) is 29.8 Å². The zero-order chi connectivity index (χ0) is 22.2. The zero-order valence-corrected chi connectivity index (χ0v) is 22.7. The molecule has 1 unspecified atom stereocenters. The number of likely N-dealkylation sites (tertiary alicyclic amines) is 2. The van der Waals surface area contributed by atoms with E-state index in [1.54, 1.807) is 7.11 Å². The zero-order valence-electron chi connectivity index (χ0n) is 20.4. The fraction of sp³-hybridized carbons (Fsp3) is 0.720. The maximum atomic E-state index is 5.71. The number of nitrogens with zero attached hydrogens (tertiary/aromatic N) is 3. The molecule has 0 aliphatic carbocycles. The van der Waals surface area contributed by atoms with E-state index in [9.17, 15) is 0 Å². The molecule has 1 aromatic rings. The molecule has 4 rings (SSSR count). The summed E-state index contributed by atoms with van der Waals surface area (Å²) in [6.45, 7) is 8.17. The Morgan fingerprint density at radius 3 is 2.45 bits per heavy atom. The summed E-state index contributed by atoms with van der Waals surface area (Å²) in [5, 5.41) is 7.31. The highest BCUT2D eigenvalue weighted by atomic mass is 127. The summed E-state index contributed by atoms with van der Waals surface area (Å²) in [6.07, 6.45) is 7.36. The SMILES string of the molecule is CN=C(NCC(c1cccc(OC)c1)N1CCCC1)NCC1(N2CCCC2)CCOCC1.I. The molecular weight excluding hydrogens is 529 g/mol. The predicted molar refractivity (Wildman–Crippen MR) is 145 cm³/mol. The van der Waals surface area contributed by atoms with Crippen LogP contribution in [0.5, 0.6) is 5.75 Å². The number of guanidine groups is 1. The van der Waals surface area contributed by atoms with Gasteiger partial charge in [-0.2, -0.15) is 0 Å². The third-order valence-corrected chi connectivity index (χ3v) is 7.53. The van der Waals surface area contributed by atoms with Gasteiger partial charge < -0.3 is 20.1 Å². The minimum Gasteiger partial charge on any atom is -0.497 e. The van der Waals surface area contributed by atoms with Gasteiger partial charge in [-0.05, 0) is 82.4 Å². The van der Waals surface area contributed by atoms with Crippen molar-refractivity contribution < 1.29 is 9.47 Å². The van der Waals surface area contributed by atoms with E-state index in [1.165, 1.54) is 44.3 Å². The topological polar surface area (TPSA) is 61.4 Å². The number of hydrogen-bond acceptors (Lipinski definition) is 5. The molecule has 0 amide bonds. The summed E-state index contributed by atoms with van der Waals surface area (Å²) in [4.78, 5) is 9.83. The first-order valence-corrected chi connectivity index (χ1v) is 12.4. The van der Waals surface area contributed by atoms with Gasteiger partial charge in [0.1, 0.15) is 5.75 Å². The summed E-state index contributed by atoms with van der Waals surface area (Å²) in [6, 6.07) is 8.81. The van der Waals surface area contributed by atoms with E-state index in [-0.39, 0.29) is 29.5 Å². The molecule has 8 heteroatoms. The molecule has 0 aromatic heterocycles. The highest BCUT2D eigenvalue weighted by molar-refractivity contribution is 14.0. The molecule has 0 bridgehead atoms. The summed E-state index contributed by atoms with van der Waals surface area (Å²) in [5.41, 5.74) is 1.49. The highest BCUT2D eigenvalue weighted by Crippen LogP contribution is 2.31. The number of ether oxygens (including phenoxy) is 2. The van der Waals surface area contributed by atoms with E-state index in [2.05, 4.69) is 43.6 Å². The number of methoxy groups -OCH3 is 1. The number of rotatable bonds is 8. The lowest BCUT2D eigenvalue weighted by molar-refractivity contribution is -0.0164. The molecule has 3 heterocycles. The van der Waals surface area contributed by atoms with E-state index in [0.717, 1.165) is 63.9 Å². The van der Waals surface area contributed by atoms with Crippen molar-refractivity contribution in [3.63, 3.8) is 0 Å². The molecule has 3 aliphatic rings. The van der Waals surface area contributed by atoms with Crippen LogP contribution in [0, 0.1) is 0 Å². The van der Waals surface area contributed by atoms with Crippen molar-refractivity contribution in [2.45, 2.75) is 50.1 Å². The molecule has 3 aliphatic heterocycles. The average Bonchev–Trinajstić information content (AvgIpc) is 3.57. The van der Waals surface area contributed by atoms with Crippen LogP contribution in [0.15, 0.2) is 29.3 Å². The Labute approximate surface area is 216 Å². The third kappa shape index (κ3) is 6.74. The molecule has 0 saturated carbocycles. The second-order valence-corrected chi connectivity index (χ2v) is 9.37. The van der Waals surface area contributed by atoms with E-state index < -0.39 is 0 Å². The molecule has 7 nitrogen and oxygen atoms in total. The highest BCUT2D eigenvalue weighted by Gasteiger charge is 2.39. The van der Waals surface area contributed by atoms with E-state index in [1.807, 2.05) is 13.1 Å². The van der Waals surface area contributed by atoms with Gasteiger partial charge in [0, 0.05) is 38.9 Å². The van der Waals surface area contributed by atoms with E-state index >= 15 is 0 Å². The molecule has 0 radical (unpaired) electrons. The fourth-order valence-corrected chi connectivity index (χ4v) is 5.57. The number of halogens is 1. The number of nitrogens with one attached hydrogen (secondary N) is 2. The van der Waals surface area contributed by atoms with Gasteiger partial charge in [-0.15, -0.1) is 24.0 Å². The number of aliphatic imine (C=N–C) groups is 1. The molecule has 1 atom stereocenters. The average molecular weight is 572 g/mol. The molecule has 0 spiro atoms. The van der Waals surface area contributed by atoms with Gasteiger partial charge >= 0.3 is 0 Å². The van der Waals surface area contributed by atoms with Crippen LogP contribution >= 0.6 is 24.0 Å². The van der Waals surface area contributed by atoms with Gasteiger partial charge in [-0.25, -0.2) is 0 Å². The normalized spacial score (nSPS) is 22.5. The third-order valence-electron chi connectivity index (χ3n) is 7.53. The van der Waals surface area contributed by atoms with Crippen LogP contribution < -0.4 is 15.4 Å². The number of benzene rings is 1. The first kappa shape index (κ1) is 26.5. The lowest BCUT2D eigenvalue weighted by atomic mass is 9.88. The Kier molecular flexibility index (Phi) is 10.5. The first-order valence-electron chi connectivity index (χ1n) is 12.4. The Bertz CT molecular complexity index is 744. The molecule has 186 valence electrons. The van der Waals surface area contributed by atoms with Crippen molar-refractivity contribution in [1.29, 1.82) is 0 Å². The van der Waals surface area contributed by atoms with Crippen LogP contribution in [0.2, 0.25) is 0 Å². The molecule has 1 aromatic carbocycles. The van der Waals surface area contributed by atoms with Gasteiger partial charge in [-0.3, -0.25) is 14.8 Å². The van der Waals surface area contributed by atoms with E-state index in [4.69, 9.17) is 9.47 Å². The Balaban J connectivity index is 0.00000306. The summed E-state index contributed by atoms with van der Waals surface area (Å²) < 4.78 is 11.2. The van der Waals surface area contributed by atoms with Gasteiger partial charge in [0.15, 0.2) is 5.96 Å². The van der Waals surface area contributed by atoms with Crippen LogP contribution in [-0.2, 0) is 4.74 Å². The Morgan fingerprint density at radius 1 is 1.09 bits per heavy atom. The second kappa shape index (κ2) is 13.1. The largest absolute Gasteiger partial charge is 0.497 e. The predicted octanol–water partition coefficient (Wildman–Crippen LogP) is 3.26. The summed E-state index contributed by atoms with van der Waals surface area (Å²) >= 11 is 0. The van der Waals surface area contributed by atoms with Crippen molar-refractivity contribution in [3.8, 4) is 5.75 Å². The van der Waals surface area contributed by atoms with Gasteiger partial charge in [0.05, 0.1) is 13.2 Å². The smallest absolute Gasteiger partial charge is 0.191 e. The van der Waals surface area contributed by atoms with Crippen molar-refractivity contribution in [2.75, 3.05) is 66.6 Å². The van der Waals surface area contributed by atoms with Gasteiger partial charge in [0.2, 0.25) is 0 Å². The monoisotopic (exact) mass is 571 g/mol. The maximum absolute atomic E-state index is 5.71. The van der Waals surface area contributed by atoms with Crippen molar-refractivity contribution in [2.24, 2.45) is 4.99 Å². The fourth-order valence-electron chi connectivity index (χ4n) is 5.57. The quantitative estimate of drug-likeness (QED) is 0.284. The second-order valence-electron chi connectivity index (χ2n) is 9.37. The number of hydrogen-bond donors (Lipinski definition) is 2. The molecular formula is C25H42IN5O2. The lowest BCUT2D eigenvalue weighted by Crippen LogP contribution is -2.58. The van der Waals surface area contributed by atoms with Crippen LogP contribution in [-0.4, -0.2) is 87.9 Å². The molecule has 3 fully saturated rings. The van der Waals surface area contributed by atoms with Gasteiger partial charge in [0.25, 0.3) is 0 Å². The first-order chi connectivity index (χ1) is 15.7. The van der Waals surface area contributed by atoms with Crippen LogP contribution in [0.3, 0.4) is 0 Å².